The minimum Gasteiger partial charge on any atom is -0.381 e. The van der Waals surface area contributed by atoms with Crippen molar-refractivity contribution in [3.05, 3.63) is 35.4 Å². The van der Waals surface area contributed by atoms with Gasteiger partial charge in [-0.25, -0.2) is 0 Å². The SMILES string of the molecule is CN=C(NCC1(c2cccc(C(F)(F)F)c2)CCOCC1)NC(C)C. The molecular weight excluding hydrogens is 331 g/mol. The summed E-state index contributed by atoms with van der Waals surface area (Å²) in [5, 5.41) is 6.47. The van der Waals surface area contributed by atoms with Crippen LogP contribution in [0.1, 0.15) is 37.8 Å². The van der Waals surface area contributed by atoms with Crippen molar-refractivity contribution in [2.75, 3.05) is 26.8 Å². The molecule has 2 rings (SSSR count). The largest absolute Gasteiger partial charge is 0.416 e. The average Bonchev–Trinajstić information content (AvgIpc) is 2.58. The Bertz CT molecular complexity index is 593. The highest BCUT2D eigenvalue weighted by Crippen LogP contribution is 2.37. The third-order valence-corrected chi connectivity index (χ3v) is 4.50. The van der Waals surface area contributed by atoms with Crippen LogP contribution in [0, 0.1) is 0 Å². The normalized spacial score (nSPS) is 18.3. The van der Waals surface area contributed by atoms with Crippen LogP contribution in [-0.2, 0) is 16.3 Å². The topological polar surface area (TPSA) is 45.7 Å². The van der Waals surface area contributed by atoms with Crippen LogP contribution in [0.4, 0.5) is 13.2 Å². The molecule has 0 atom stereocenters. The molecule has 1 aromatic rings. The molecule has 7 heteroatoms. The molecule has 4 nitrogen and oxygen atoms in total. The summed E-state index contributed by atoms with van der Waals surface area (Å²) in [7, 11) is 1.68. The van der Waals surface area contributed by atoms with E-state index >= 15 is 0 Å². The second-order valence-electron chi connectivity index (χ2n) is 6.70. The Morgan fingerprint density at radius 2 is 1.96 bits per heavy atom. The van der Waals surface area contributed by atoms with Gasteiger partial charge in [0.2, 0.25) is 0 Å². The van der Waals surface area contributed by atoms with E-state index in [0.717, 1.165) is 6.07 Å². The predicted octanol–water partition coefficient (Wildman–Crippen LogP) is 3.33. The molecule has 1 aliphatic heterocycles. The van der Waals surface area contributed by atoms with Crippen molar-refractivity contribution in [1.82, 2.24) is 10.6 Å². The molecule has 140 valence electrons. The van der Waals surface area contributed by atoms with Crippen molar-refractivity contribution in [2.45, 2.75) is 44.3 Å². The van der Waals surface area contributed by atoms with Crippen LogP contribution in [0.3, 0.4) is 0 Å². The Kier molecular flexibility index (Phi) is 6.32. The Hall–Kier alpha value is -1.76. The van der Waals surface area contributed by atoms with Gasteiger partial charge in [-0.05, 0) is 38.3 Å². The van der Waals surface area contributed by atoms with Gasteiger partial charge in [0.25, 0.3) is 0 Å². The summed E-state index contributed by atoms with van der Waals surface area (Å²) in [6.45, 7) is 5.58. The Balaban J connectivity index is 2.26. The summed E-state index contributed by atoms with van der Waals surface area (Å²) in [5.74, 6) is 0.646. The number of benzene rings is 1. The van der Waals surface area contributed by atoms with Gasteiger partial charge < -0.3 is 15.4 Å². The van der Waals surface area contributed by atoms with E-state index in [0.29, 0.717) is 44.1 Å². The fourth-order valence-corrected chi connectivity index (χ4v) is 3.08. The maximum atomic E-state index is 13.1. The van der Waals surface area contributed by atoms with E-state index in [4.69, 9.17) is 4.74 Å². The van der Waals surface area contributed by atoms with Crippen LogP contribution in [0.2, 0.25) is 0 Å². The Morgan fingerprint density at radius 3 is 2.52 bits per heavy atom. The maximum absolute atomic E-state index is 13.1. The summed E-state index contributed by atoms with van der Waals surface area (Å²) >= 11 is 0. The van der Waals surface area contributed by atoms with Gasteiger partial charge in [-0.15, -0.1) is 0 Å². The first-order valence-corrected chi connectivity index (χ1v) is 8.49. The number of halogens is 3. The van der Waals surface area contributed by atoms with Crippen LogP contribution in [-0.4, -0.2) is 38.8 Å². The summed E-state index contributed by atoms with van der Waals surface area (Å²) in [6.07, 6.45) is -3.01. The van der Waals surface area contributed by atoms with Crippen molar-refractivity contribution >= 4 is 5.96 Å². The number of rotatable bonds is 4. The van der Waals surface area contributed by atoms with E-state index in [1.54, 1.807) is 13.1 Å². The zero-order valence-corrected chi connectivity index (χ0v) is 14.9. The minimum absolute atomic E-state index is 0.213. The summed E-state index contributed by atoms with van der Waals surface area (Å²) in [5.41, 5.74) is -0.327. The highest BCUT2D eigenvalue weighted by Gasteiger charge is 2.37. The van der Waals surface area contributed by atoms with E-state index < -0.39 is 17.2 Å². The molecule has 2 N–H and O–H groups in total. The molecule has 0 unspecified atom stereocenters. The predicted molar refractivity (Wildman–Crippen MR) is 92.8 cm³/mol. The number of hydrogen-bond acceptors (Lipinski definition) is 2. The molecule has 0 radical (unpaired) electrons. The third-order valence-electron chi connectivity index (χ3n) is 4.50. The molecule has 0 aliphatic carbocycles. The number of nitrogens with one attached hydrogen (secondary N) is 2. The monoisotopic (exact) mass is 357 g/mol. The zero-order chi connectivity index (χ0) is 18.5. The number of nitrogens with zero attached hydrogens (tertiary/aromatic N) is 1. The highest BCUT2D eigenvalue weighted by atomic mass is 19.4. The van der Waals surface area contributed by atoms with Gasteiger partial charge in [0, 0.05) is 38.3 Å². The zero-order valence-electron chi connectivity index (χ0n) is 14.9. The van der Waals surface area contributed by atoms with Gasteiger partial charge in [-0.2, -0.15) is 13.2 Å². The standard InChI is InChI=1S/C18H26F3N3O/c1-13(2)24-16(22-3)23-12-17(7-9-25-10-8-17)14-5-4-6-15(11-14)18(19,20)21/h4-6,11,13H,7-10,12H2,1-3H3,(H2,22,23,24). The molecule has 0 bridgehead atoms. The van der Waals surface area contributed by atoms with Gasteiger partial charge in [0.15, 0.2) is 5.96 Å². The molecule has 25 heavy (non-hydrogen) atoms. The van der Waals surface area contributed by atoms with Crippen LogP contribution in [0.25, 0.3) is 0 Å². The van der Waals surface area contributed by atoms with Crippen LogP contribution in [0.5, 0.6) is 0 Å². The molecule has 0 saturated carbocycles. The van der Waals surface area contributed by atoms with Crippen LogP contribution >= 0.6 is 0 Å². The van der Waals surface area contributed by atoms with Crippen molar-refractivity contribution < 1.29 is 17.9 Å². The van der Waals surface area contributed by atoms with Crippen LogP contribution < -0.4 is 10.6 Å². The van der Waals surface area contributed by atoms with E-state index in [1.165, 1.54) is 12.1 Å². The number of alkyl halides is 3. The van der Waals surface area contributed by atoms with Gasteiger partial charge >= 0.3 is 6.18 Å². The second-order valence-corrected chi connectivity index (χ2v) is 6.70. The lowest BCUT2D eigenvalue weighted by Gasteiger charge is -2.38. The van der Waals surface area contributed by atoms with Crippen molar-refractivity contribution in [3.8, 4) is 0 Å². The van der Waals surface area contributed by atoms with E-state index in [1.807, 2.05) is 13.8 Å². The first-order chi connectivity index (χ1) is 11.8. The maximum Gasteiger partial charge on any atom is 0.416 e. The van der Waals surface area contributed by atoms with E-state index in [2.05, 4.69) is 15.6 Å². The van der Waals surface area contributed by atoms with E-state index in [-0.39, 0.29) is 6.04 Å². The quantitative estimate of drug-likeness (QED) is 0.642. The summed E-state index contributed by atoms with van der Waals surface area (Å²) in [6, 6.07) is 5.86. The molecule has 0 amide bonds. The van der Waals surface area contributed by atoms with Gasteiger partial charge in [0.1, 0.15) is 0 Å². The number of hydrogen-bond donors (Lipinski definition) is 2. The summed E-state index contributed by atoms with van der Waals surface area (Å²) < 4.78 is 44.8. The van der Waals surface area contributed by atoms with E-state index in [9.17, 15) is 13.2 Å². The van der Waals surface area contributed by atoms with Crippen LogP contribution in [0.15, 0.2) is 29.3 Å². The van der Waals surface area contributed by atoms with Gasteiger partial charge in [-0.3, -0.25) is 4.99 Å². The summed E-state index contributed by atoms with van der Waals surface area (Å²) in [4.78, 5) is 4.18. The molecule has 1 aromatic carbocycles. The minimum atomic E-state index is -4.34. The molecule has 1 aliphatic rings. The van der Waals surface area contributed by atoms with Crippen molar-refractivity contribution in [3.63, 3.8) is 0 Å². The van der Waals surface area contributed by atoms with Crippen molar-refractivity contribution in [2.24, 2.45) is 4.99 Å². The average molecular weight is 357 g/mol. The smallest absolute Gasteiger partial charge is 0.381 e. The van der Waals surface area contributed by atoms with Crippen molar-refractivity contribution in [1.29, 1.82) is 0 Å². The fourth-order valence-electron chi connectivity index (χ4n) is 3.08. The highest BCUT2D eigenvalue weighted by molar-refractivity contribution is 5.80. The number of guanidine groups is 1. The lowest BCUT2D eigenvalue weighted by atomic mass is 9.73. The third kappa shape index (κ3) is 5.11. The van der Waals surface area contributed by atoms with Gasteiger partial charge in [-0.1, -0.05) is 18.2 Å². The first-order valence-electron chi connectivity index (χ1n) is 8.49. The number of ether oxygens (including phenoxy) is 1. The Morgan fingerprint density at radius 1 is 1.28 bits per heavy atom. The van der Waals surface area contributed by atoms with Gasteiger partial charge in [0.05, 0.1) is 5.56 Å². The molecule has 0 aromatic heterocycles. The first kappa shape index (κ1) is 19.6. The number of aliphatic imine (C=N–C) groups is 1. The molecule has 1 heterocycles. The molecule has 0 spiro atoms. The lowest BCUT2D eigenvalue weighted by molar-refractivity contribution is -0.137. The lowest BCUT2D eigenvalue weighted by Crippen LogP contribution is -2.49. The Labute approximate surface area is 146 Å². The molecule has 1 fully saturated rings. The fraction of sp³-hybridized carbons (Fsp3) is 0.611. The molecular formula is C18H26F3N3O. The second kappa shape index (κ2) is 8.08. The molecule has 1 saturated heterocycles.